The Hall–Kier alpha value is -6.85. The quantitative estimate of drug-likeness (QED) is 0.191. The van der Waals surface area contributed by atoms with Crippen LogP contribution in [0, 0.1) is 0 Å². The van der Waals surface area contributed by atoms with Crippen molar-refractivity contribution in [3.8, 4) is 11.5 Å². The summed E-state index contributed by atoms with van der Waals surface area (Å²) in [5.74, 6) is 0.572. The van der Waals surface area contributed by atoms with Gasteiger partial charge < -0.3 is 18.2 Å². The van der Waals surface area contributed by atoms with E-state index >= 15 is 0 Å². The summed E-state index contributed by atoms with van der Waals surface area (Å²) in [6, 6.07) is 54.3. The lowest BCUT2D eigenvalue weighted by atomic mass is 10.0. The number of hydrogen-bond acceptors (Lipinski definition) is 5. The maximum Gasteiger partial charge on any atom is 0.228 e. The zero-order valence-electron chi connectivity index (χ0n) is 26.6. The SMILES string of the molecule is c1ccc(N(c2ccc3c(c2)oc2cccc(-c4nc5cc6ccccc6cc5o4)c23)c2cccc3c2oc2c4ccccc4ccc32)cc1. The first-order chi connectivity index (χ1) is 24.8. The van der Waals surface area contributed by atoms with Crippen LogP contribution < -0.4 is 4.90 Å². The maximum absolute atomic E-state index is 6.79. The van der Waals surface area contributed by atoms with Gasteiger partial charge in [-0.2, -0.15) is 0 Å². The highest BCUT2D eigenvalue weighted by Crippen LogP contribution is 2.45. The molecule has 0 fully saturated rings. The molecule has 0 N–H and O–H groups in total. The number of furan rings is 2. The number of oxazole rings is 1. The van der Waals surface area contributed by atoms with Gasteiger partial charge in [0.25, 0.3) is 0 Å². The van der Waals surface area contributed by atoms with Crippen LogP contribution in [0.5, 0.6) is 0 Å². The van der Waals surface area contributed by atoms with E-state index in [0.717, 1.165) is 99.1 Å². The molecule has 11 rings (SSSR count). The first-order valence-corrected chi connectivity index (χ1v) is 16.7. The van der Waals surface area contributed by atoms with Gasteiger partial charge in [0.1, 0.15) is 22.3 Å². The van der Waals surface area contributed by atoms with Gasteiger partial charge in [0.2, 0.25) is 5.89 Å². The maximum atomic E-state index is 6.79. The van der Waals surface area contributed by atoms with Crippen molar-refractivity contribution in [1.29, 1.82) is 0 Å². The summed E-state index contributed by atoms with van der Waals surface area (Å²) < 4.78 is 19.8. The van der Waals surface area contributed by atoms with E-state index in [4.69, 9.17) is 18.2 Å². The second kappa shape index (κ2) is 10.3. The highest BCUT2D eigenvalue weighted by atomic mass is 16.4. The van der Waals surface area contributed by atoms with Crippen molar-refractivity contribution in [2.45, 2.75) is 0 Å². The molecule has 3 aromatic heterocycles. The number of aromatic nitrogens is 1. The average molecular weight is 643 g/mol. The Labute approximate surface area is 285 Å². The minimum Gasteiger partial charge on any atom is -0.456 e. The van der Waals surface area contributed by atoms with Crippen LogP contribution in [-0.2, 0) is 0 Å². The topological polar surface area (TPSA) is 55.6 Å². The summed E-state index contributed by atoms with van der Waals surface area (Å²) >= 11 is 0. The molecule has 0 amide bonds. The molecule has 5 heteroatoms. The van der Waals surface area contributed by atoms with Crippen LogP contribution in [-0.4, -0.2) is 4.98 Å². The Morgan fingerprint density at radius 3 is 2.06 bits per heavy atom. The lowest BCUT2D eigenvalue weighted by Gasteiger charge is -2.25. The number of fused-ring (bicyclic) bond motifs is 10. The molecule has 11 aromatic rings. The zero-order chi connectivity index (χ0) is 32.8. The van der Waals surface area contributed by atoms with Crippen molar-refractivity contribution in [3.63, 3.8) is 0 Å². The average Bonchev–Trinajstić information content (AvgIpc) is 3.87. The zero-order valence-corrected chi connectivity index (χ0v) is 26.6. The van der Waals surface area contributed by atoms with Crippen molar-refractivity contribution in [3.05, 3.63) is 158 Å². The van der Waals surface area contributed by atoms with E-state index in [9.17, 15) is 0 Å². The van der Waals surface area contributed by atoms with Crippen molar-refractivity contribution >= 4 is 93.6 Å². The van der Waals surface area contributed by atoms with Crippen LogP contribution in [0.1, 0.15) is 0 Å². The fraction of sp³-hybridized carbons (Fsp3) is 0. The van der Waals surface area contributed by atoms with Crippen LogP contribution in [0.3, 0.4) is 0 Å². The summed E-state index contributed by atoms with van der Waals surface area (Å²) in [4.78, 5) is 7.18. The third-order valence-corrected chi connectivity index (χ3v) is 9.85. The minimum atomic E-state index is 0.572. The number of anilines is 3. The second-order valence-corrected chi connectivity index (χ2v) is 12.7. The first-order valence-electron chi connectivity index (χ1n) is 16.7. The normalized spacial score (nSPS) is 12.0. The van der Waals surface area contributed by atoms with Crippen molar-refractivity contribution < 1.29 is 13.3 Å². The van der Waals surface area contributed by atoms with Crippen molar-refractivity contribution in [2.75, 3.05) is 4.90 Å². The highest BCUT2D eigenvalue weighted by Gasteiger charge is 2.22. The van der Waals surface area contributed by atoms with Gasteiger partial charge in [-0.25, -0.2) is 4.98 Å². The number of rotatable bonds is 4. The van der Waals surface area contributed by atoms with Gasteiger partial charge in [-0.3, -0.25) is 0 Å². The summed E-state index contributed by atoms with van der Waals surface area (Å²) in [5, 5.41) is 8.65. The molecule has 234 valence electrons. The number of hydrogen-bond donors (Lipinski definition) is 0. The predicted molar refractivity (Wildman–Crippen MR) is 204 cm³/mol. The van der Waals surface area contributed by atoms with E-state index in [2.05, 4.69) is 132 Å². The molecule has 0 unspecified atom stereocenters. The van der Waals surface area contributed by atoms with Gasteiger partial charge in [-0.15, -0.1) is 0 Å². The first kappa shape index (κ1) is 27.1. The number of benzene rings is 8. The van der Waals surface area contributed by atoms with Gasteiger partial charge in [0.05, 0.1) is 11.4 Å². The third-order valence-electron chi connectivity index (χ3n) is 9.85. The van der Waals surface area contributed by atoms with Crippen LogP contribution in [0.2, 0.25) is 0 Å². The molecule has 0 saturated heterocycles. The van der Waals surface area contributed by atoms with E-state index in [1.807, 2.05) is 30.3 Å². The molecule has 0 aliphatic rings. The van der Waals surface area contributed by atoms with Gasteiger partial charge >= 0.3 is 0 Å². The van der Waals surface area contributed by atoms with E-state index in [1.54, 1.807) is 0 Å². The molecule has 5 nitrogen and oxygen atoms in total. The molecule has 0 aliphatic carbocycles. The second-order valence-electron chi connectivity index (χ2n) is 12.7. The molecular weight excluding hydrogens is 617 g/mol. The molecule has 50 heavy (non-hydrogen) atoms. The molecule has 0 atom stereocenters. The minimum absolute atomic E-state index is 0.572. The lowest BCUT2D eigenvalue weighted by molar-refractivity contribution is 0.620. The number of nitrogens with zero attached hydrogens (tertiary/aromatic N) is 2. The Bertz CT molecular complexity index is 3060. The lowest BCUT2D eigenvalue weighted by Crippen LogP contribution is -2.09. The van der Waals surface area contributed by atoms with E-state index in [-0.39, 0.29) is 0 Å². The van der Waals surface area contributed by atoms with Gasteiger partial charge in [-0.1, -0.05) is 91.0 Å². The molecular formula is C45H26N2O3. The van der Waals surface area contributed by atoms with Gasteiger partial charge in [-0.05, 0) is 76.8 Å². The fourth-order valence-corrected chi connectivity index (χ4v) is 7.55. The van der Waals surface area contributed by atoms with Gasteiger partial charge in [0.15, 0.2) is 11.2 Å². The van der Waals surface area contributed by atoms with Crippen molar-refractivity contribution in [1.82, 2.24) is 4.98 Å². The van der Waals surface area contributed by atoms with Crippen LogP contribution in [0.25, 0.3) is 88.0 Å². The Balaban J connectivity index is 1.10. The van der Waals surface area contributed by atoms with E-state index in [0.29, 0.717) is 5.89 Å². The van der Waals surface area contributed by atoms with Gasteiger partial charge in [0, 0.05) is 44.2 Å². The molecule has 0 radical (unpaired) electrons. The summed E-state index contributed by atoms with van der Waals surface area (Å²) in [6.07, 6.45) is 0. The summed E-state index contributed by atoms with van der Waals surface area (Å²) in [7, 11) is 0. The summed E-state index contributed by atoms with van der Waals surface area (Å²) in [5.41, 5.74) is 8.68. The third kappa shape index (κ3) is 3.98. The Morgan fingerprint density at radius 2 is 1.16 bits per heavy atom. The Kier molecular flexibility index (Phi) is 5.60. The molecule has 0 spiro atoms. The predicted octanol–water partition coefficient (Wildman–Crippen LogP) is 13.1. The van der Waals surface area contributed by atoms with Crippen LogP contribution in [0.4, 0.5) is 17.1 Å². The molecule has 0 aliphatic heterocycles. The standard InChI is InChI=1S/C45H26N2O3/c1-2-13-30(14-3-1)47(38-18-8-16-33-34-22-20-27-10-6-7-15-32(27)43(34)50-44(33)38)31-21-23-35-40(26-31)48-39-19-9-17-36(42(35)39)45-46-37-24-28-11-4-5-12-29(28)25-41(37)49-45/h1-26H. The largest absolute Gasteiger partial charge is 0.456 e. The van der Waals surface area contributed by atoms with Crippen LogP contribution in [0.15, 0.2) is 171 Å². The van der Waals surface area contributed by atoms with Crippen molar-refractivity contribution in [2.24, 2.45) is 0 Å². The summed E-state index contributed by atoms with van der Waals surface area (Å²) in [6.45, 7) is 0. The highest BCUT2D eigenvalue weighted by molar-refractivity contribution is 6.18. The molecule has 8 aromatic carbocycles. The molecule has 0 saturated carbocycles. The van der Waals surface area contributed by atoms with Crippen LogP contribution >= 0.6 is 0 Å². The van der Waals surface area contributed by atoms with E-state index in [1.165, 1.54) is 0 Å². The molecule has 0 bridgehead atoms. The van der Waals surface area contributed by atoms with E-state index < -0.39 is 0 Å². The smallest absolute Gasteiger partial charge is 0.228 e. The molecule has 3 heterocycles. The monoisotopic (exact) mass is 642 g/mol. The number of para-hydroxylation sites is 2. The Morgan fingerprint density at radius 1 is 0.420 bits per heavy atom. The fourth-order valence-electron chi connectivity index (χ4n) is 7.55.